The van der Waals surface area contributed by atoms with Crippen LogP contribution in [0, 0.1) is 5.82 Å². The minimum Gasteiger partial charge on any atom is -0.395 e. The molecule has 0 saturated carbocycles. The van der Waals surface area contributed by atoms with E-state index < -0.39 is 5.82 Å². The smallest absolute Gasteiger partial charge is 0.240 e. The molecule has 0 bridgehead atoms. The van der Waals surface area contributed by atoms with Gasteiger partial charge >= 0.3 is 0 Å². The normalized spacial score (nSPS) is 11.2. The Bertz CT molecular complexity index is 1050. The van der Waals surface area contributed by atoms with Gasteiger partial charge < -0.3 is 20.3 Å². The first-order valence-corrected chi connectivity index (χ1v) is 11.0. The molecule has 170 valence electrons. The predicted octanol–water partition coefficient (Wildman–Crippen LogP) is 3.66. The Morgan fingerprint density at radius 1 is 1.16 bits per heavy atom. The summed E-state index contributed by atoms with van der Waals surface area (Å²) in [5.74, 6) is -0.0995. The van der Waals surface area contributed by atoms with Gasteiger partial charge in [-0.3, -0.25) is 4.79 Å². The van der Waals surface area contributed by atoms with Crippen molar-refractivity contribution in [2.24, 2.45) is 0 Å². The van der Waals surface area contributed by atoms with Crippen LogP contribution in [0.3, 0.4) is 0 Å². The number of rotatable bonds is 10. The third kappa shape index (κ3) is 6.38. The molecule has 1 heterocycles. The van der Waals surface area contributed by atoms with E-state index in [0.717, 1.165) is 18.5 Å². The lowest BCUT2D eigenvalue weighted by Gasteiger charge is -2.11. The lowest BCUT2D eigenvalue weighted by Crippen LogP contribution is -2.33. The van der Waals surface area contributed by atoms with Crippen LogP contribution in [0.2, 0.25) is 5.02 Å². The number of benzene rings is 2. The first-order valence-electron chi connectivity index (χ1n) is 10.6. The van der Waals surface area contributed by atoms with Gasteiger partial charge in [0.15, 0.2) is 0 Å². The average Bonchev–Trinajstić information content (AvgIpc) is 3.16. The highest BCUT2D eigenvalue weighted by Gasteiger charge is 2.16. The Hall–Kier alpha value is -2.74. The molecule has 0 aliphatic heterocycles. The van der Waals surface area contributed by atoms with Crippen LogP contribution in [0.25, 0.3) is 22.6 Å². The van der Waals surface area contributed by atoms with Gasteiger partial charge in [-0.25, -0.2) is 9.37 Å². The van der Waals surface area contributed by atoms with Crippen LogP contribution in [-0.4, -0.2) is 46.3 Å². The summed E-state index contributed by atoms with van der Waals surface area (Å²) in [6.45, 7) is 5.38. The van der Waals surface area contributed by atoms with Crippen LogP contribution in [0.5, 0.6) is 0 Å². The van der Waals surface area contributed by atoms with Crippen LogP contribution < -0.4 is 10.6 Å². The molecule has 3 aromatic rings. The second kappa shape index (κ2) is 11.2. The molecule has 8 heteroatoms. The molecule has 0 spiro atoms. The Morgan fingerprint density at radius 2 is 1.88 bits per heavy atom. The highest BCUT2D eigenvalue weighted by Crippen LogP contribution is 2.28. The van der Waals surface area contributed by atoms with E-state index in [1.165, 1.54) is 17.7 Å². The number of hydrogen-bond acceptors (Lipinski definition) is 4. The first kappa shape index (κ1) is 23.9. The van der Waals surface area contributed by atoms with Crippen LogP contribution >= 0.6 is 11.6 Å². The van der Waals surface area contributed by atoms with E-state index in [0.29, 0.717) is 23.6 Å². The maximum absolute atomic E-state index is 13.7. The van der Waals surface area contributed by atoms with Gasteiger partial charge in [0.25, 0.3) is 0 Å². The largest absolute Gasteiger partial charge is 0.395 e. The highest BCUT2D eigenvalue weighted by molar-refractivity contribution is 6.31. The zero-order valence-corrected chi connectivity index (χ0v) is 19.0. The Labute approximate surface area is 192 Å². The van der Waals surface area contributed by atoms with Gasteiger partial charge in [-0.2, -0.15) is 0 Å². The molecule has 0 radical (unpaired) electrons. The van der Waals surface area contributed by atoms with Gasteiger partial charge in [-0.1, -0.05) is 35.9 Å². The van der Waals surface area contributed by atoms with Crippen molar-refractivity contribution in [2.45, 2.75) is 32.9 Å². The van der Waals surface area contributed by atoms with Gasteiger partial charge in [0, 0.05) is 29.9 Å². The molecule has 0 aliphatic carbocycles. The quantitative estimate of drug-likeness (QED) is 0.405. The van der Waals surface area contributed by atoms with Gasteiger partial charge in [0.2, 0.25) is 5.91 Å². The van der Waals surface area contributed by atoms with Crippen LogP contribution in [-0.2, 0) is 17.8 Å². The molecular weight excluding hydrogens is 431 g/mol. The summed E-state index contributed by atoms with van der Waals surface area (Å²) in [5.41, 5.74) is 3.42. The molecular formula is C24H28ClFN4O2. The van der Waals surface area contributed by atoms with Gasteiger partial charge in [-0.05, 0) is 50.6 Å². The fraction of sp³-hybridized carbons (Fsp3) is 0.333. The molecule has 1 aromatic heterocycles. The summed E-state index contributed by atoms with van der Waals surface area (Å²) in [6, 6.07) is 12.5. The number of hydrogen-bond donors (Lipinski definition) is 3. The Morgan fingerprint density at radius 3 is 2.53 bits per heavy atom. The van der Waals surface area contributed by atoms with E-state index >= 15 is 0 Å². The second-order valence-electron chi connectivity index (χ2n) is 7.85. The lowest BCUT2D eigenvalue weighted by molar-refractivity contribution is -0.122. The number of aliphatic hydroxyl groups excluding tert-OH is 1. The van der Waals surface area contributed by atoms with E-state index in [2.05, 4.69) is 10.6 Å². The number of aliphatic hydroxyl groups is 1. The monoisotopic (exact) mass is 458 g/mol. The molecule has 32 heavy (non-hydrogen) atoms. The third-order valence-electron chi connectivity index (χ3n) is 4.85. The molecule has 1 amide bonds. The molecule has 0 fully saturated rings. The number of nitrogens with zero attached hydrogens (tertiary/aromatic N) is 2. The van der Waals surface area contributed by atoms with Crippen molar-refractivity contribution >= 4 is 17.5 Å². The van der Waals surface area contributed by atoms with E-state index in [-0.39, 0.29) is 30.1 Å². The molecule has 0 atom stereocenters. The first-order chi connectivity index (χ1) is 15.4. The topological polar surface area (TPSA) is 79.2 Å². The fourth-order valence-electron chi connectivity index (χ4n) is 3.34. The molecule has 0 saturated heterocycles. The minimum absolute atomic E-state index is 0.00407. The van der Waals surface area contributed by atoms with Crippen molar-refractivity contribution < 1.29 is 14.3 Å². The van der Waals surface area contributed by atoms with Gasteiger partial charge in [0.05, 0.1) is 17.3 Å². The number of carbonyl (C=O) groups excluding carboxylic acids is 1. The van der Waals surface area contributed by atoms with Crippen molar-refractivity contribution in [3.8, 4) is 22.6 Å². The molecule has 0 aliphatic rings. The zero-order valence-electron chi connectivity index (χ0n) is 18.2. The van der Waals surface area contributed by atoms with Crippen molar-refractivity contribution in [3.05, 3.63) is 65.1 Å². The number of imidazole rings is 1. The summed E-state index contributed by atoms with van der Waals surface area (Å²) in [4.78, 5) is 17.1. The number of nitrogens with one attached hydrogen (secondary N) is 2. The van der Waals surface area contributed by atoms with E-state index in [9.17, 15) is 9.18 Å². The average molecular weight is 459 g/mol. The number of amides is 1. The Balaban J connectivity index is 1.87. The summed E-state index contributed by atoms with van der Waals surface area (Å²) < 4.78 is 15.4. The zero-order chi connectivity index (χ0) is 23.1. The van der Waals surface area contributed by atoms with Crippen molar-refractivity contribution in [1.82, 2.24) is 20.2 Å². The van der Waals surface area contributed by atoms with E-state index in [1.807, 2.05) is 44.3 Å². The van der Waals surface area contributed by atoms with Crippen molar-refractivity contribution in [2.75, 3.05) is 19.7 Å². The second-order valence-corrected chi connectivity index (χ2v) is 8.26. The van der Waals surface area contributed by atoms with Crippen LogP contribution in [0.1, 0.15) is 19.4 Å². The Kier molecular flexibility index (Phi) is 8.39. The maximum Gasteiger partial charge on any atom is 0.240 e. The van der Waals surface area contributed by atoms with Crippen molar-refractivity contribution in [1.29, 1.82) is 0 Å². The lowest BCUT2D eigenvalue weighted by atomic mass is 10.1. The SMILES string of the molecule is CC(C)NC(=O)Cn1cc(-c2ccc(CCNCCO)cc2)nc1-c1ccc(F)c(Cl)c1. The van der Waals surface area contributed by atoms with Crippen LogP contribution in [0.15, 0.2) is 48.7 Å². The van der Waals surface area contributed by atoms with Gasteiger partial charge in [-0.15, -0.1) is 0 Å². The maximum atomic E-state index is 13.7. The minimum atomic E-state index is -0.504. The molecule has 3 rings (SSSR count). The summed E-state index contributed by atoms with van der Waals surface area (Å²) in [6.07, 6.45) is 2.67. The fourth-order valence-corrected chi connectivity index (χ4v) is 3.52. The molecule has 6 nitrogen and oxygen atoms in total. The predicted molar refractivity (Wildman–Crippen MR) is 125 cm³/mol. The standard InChI is InChI=1S/C24H28ClFN4O2/c1-16(2)28-23(32)15-30-14-22(29-24(30)19-7-8-21(26)20(25)13-19)18-5-3-17(4-6-18)9-10-27-11-12-31/h3-8,13-14,16,27,31H,9-12,15H2,1-2H3,(H,28,32). The molecule has 0 unspecified atom stereocenters. The molecule has 3 N–H and O–H groups in total. The van der Waals surface area contributed by atoms with E-state index in [1.54, 1.807) is 10.6 Å². The summed E-state index contributed by atoms with van der Waals surface area (Å²) in [7, 11) is 0. The third-order valence-corrected chi connectivity index (χ3v) is 5.14. The van der Waals surface area contributed by atoms with Crippen molar-refractivity contribution in [3.63, 3.8) is 0 Å². The highest BCUT2D eigenvalue weighted by atomic mass is 35.5. The summed E-state index contributed by atoms with van der Waals surface area (Å²) in [5, 5.41) is 14.9. The number of carbonyl (C=O) groups is 1. The van der Waals surface area contributed by atoms with E-state index in [4.69, 9.17) is 21.7 Å². The molecule has 2 aromatic carbocycles. The number of halogens is 2. The van der Waals surface area contributed by atoms with Gasteiger partial charge in [0.1, 0.15) is 18.2 Å². The summed E-state index contributed by atoms with van der Waals surface area (Å²) >= 11 is 5.98. The van der Waals surface area contributed by atoms with Crippen LogP contribution in [0.4, 0.5) is 4.39 Å². The number of aromatic nitrogens is 2.